The molecule has 0 fully saturated rings. The molecule has 0 bridgehead atoms. The first-order valence-corrected chi connectivity index (χ1v) is 11.1. The van der Waals surface area contributed by atoms with Crippen LogP contribution in [0.15, 0.2) is 51.4 Å². The summed E-state index contributed by atoms with van der Waals surface area (Å²) in [7, 11) is 1.73. The van der Waals surface area contributed by atoms with Crippen molar-refractivity contribution in [2.24, 2.45) is 12.1 Å². The van der Waals surface area contributed by atoms with E-state index in [9.17, 15) is 14.9 Å². The minimum atomic E-state index is -0.468. The molecule has 0 unspecified atom stereocenters. The number of nitrogens with one attached hydrogen (secondary N) is 1. The lowest BCUT2D eigenvalue weighted by Crippen LogP contribution is -2.20. The number of aromatic nitrogens is 3. The van der Waals surface area contributed by atoms with Crippen LogP contribution in [0.5, 0.6) is 0 Å². The van der Waals surface area contributed by atoms with Gasteiger partial charge >= 0.3 is 0 Å². The Morgan fingerprint density at radius 1 is 1.31 bits per heavy atom. The molecule has 3 heterocycles. The molecule has 4 aromatic rings. The number of hydrogen-bond acceptors (Lipinski definition) is 7. The van der Waals surface area contributed by atoms with Crippen LogP contribution in [0.25, 0.3) is 22.3 Å². The van der Waals surface area contributed by atoms with Crippen LogP contribution in [-0.4, -0.2) is 31.3 Å². The number of carbonyl (C=O) groups excluding carboxylic acids is 1. The number of nitro groups is 1. The van der Waals surface area contributed by atoms with Gasteiger partial charge in [0.1, 0.15) is 0 Å². The number of pyridine rings is 1. The van der Waals surface area contributed by atoms with Gasteiger partial charge in [-0.05, 0) is 41.9 Å². The molecule has 32 heavy (non-hydrogen) atoms. The molecule has 3 aromatic heterocycles. The first kappa shape index (κ1) is 21.8. The number of benzene rings is 1. The maximum Gasteiger partial charge on any atom is 0.272 e. The van der Waals surface area contributed by atoms with E-state index < -0.39 is 10.8 Å². The lowest BCUT2D eigenvalue weighted by Gasteiger charge is -2.08. The first-order valence-electron chi connectivity index (χ1n) is 9.43. The maximum absolute atomic E-state index is 13.1. The van der Waals surface area contributed by atoms with Gasteiger partial charge < -0.3 is 0 Å². The van der Waals surface area contributed by atoms with E-state index in [0.29, 0.717) is 39.3 Å². The SMILES string of the molecule is CC(=NNC(=O)c1cc(-c2cccc([N+](=O)[O-])c2)nc2c1c(C)nn2C)c1cc(Br)cs1. The molecular formula is C21H17BrN6O3S. The highest BCUT2D eigenvalue weighted by atomic mass is 79.9. The number of nitro benzene ring substituents is 1. The van der Waals surface area contributed by atoms with E-state index >= 15 is 0 Å². The van der Waals surface area contributed by atoms with Gasteiger partial charge in [0.25, 0.3) is 11.6 Å². The predicted octanol–water partition coefficient (Wildman–Crippen LogP) is 4.83. The number of amides is 1. The van der Waals surface area contributed by atoms with Crippen LogP contribution >= 0.6 is 27.3 Å². The maximum atomic E-state index is 13.1. The zero-order valence-electron chi connectivity index (χ0n) is 17.3. The van der Waals surface area contributed by atoms with Gasteiger partial charge in [-0.3, -0.25) is 19.6 Å². The lowest BCUT2D eigenvalue weighted by molar-refractivity contribution is -0.384. The fourth-order valence-electron chi connectivity index (χ4n) is 3.30. The van der Waals surface area contributed by atoms with Gasteiger partial charge in [-0.15, -0.1) is 11.3 Å². The number of fused-ring (bicyclic) bond motifs is 1. The predicted molar refractivity (Wildman–Crippen MR) is 127 cm³/mol. The van der Waals surface area contributed by atoms with Crippen molar-refractivity contribution in [2.75, 3.05) is 0 Å². The second-order valence-electron chi connectivity index (χ2n) is 7.04. The summed E-state index contributed by atoms with van der Waals surface area (Å²) in [5, 5.41) is 22.3. The van der Waals surface area contributed by atoms with Gasteiger partial charge in [-0.2, -0.15) is 10.2 Å². The number of thiophene rings is 1. The zero-order chi connectivity index (χ0) is 23.0. The Morgan fingerprint density at radius 3 is 2.78 bits per heavy atom. The van der Waals surface area contributed by atoms with E-state index in [0.717, 1.165) is 9.35 Å². The van der Waals surface area contributed by atoms with Crippen LogP contribution in [-0.2, 0) is 7.05 Å². The summed E-state index contributed by atoms with van der Waals surface area (Å²) in [4.78, 5) is 29.4. The molecule has 0 saturated heterocycles. The van der Waals surface area contributed by atoms with Crippen LogP contribution in [0.2, 0.25) is 0 Å². The van der Waals surface area contributed by atoms with Crippen molar-refractivity contribution in [3.63, 3.8) is 0 Å². The molecule has 0 aliphatic carbocycles. The highest BCUT2D eigenvalue weighted by molar-refractivity contribution is 9.10. The molecule has 1 N–H and O–H groups in total. The Morgan fingerprint density at radius 2 is 2.09 bits per heavy atom. The highest BCUT2D eigenvalue weighted by Gasteiger charge is 2.20. The Balaban J connectivity index is 1.78. The van der Waals surface area contributed by atoms with Crippen molar-refractivity contribution < 1.29 is 9.72 Å². The van der Waals surface area contributed by atoms with Crippen molar-refractivity contribution in [1.29, 1.82) is 0 Å². The van der Waals surface area contributed by atoms with Gasteiger partial charge in [0.2, 0.25) is 0 Å². The number of aryl methyl sites for hydroxylation is 2. The number of carbonyl (C=O) groups is 1. The Kier molecular flexibility index (Phi) is 5.85. The van der Waals surface area contributed by atoms with Crippen molar-refractivity contribution in [2.45, 2.75) is 13.8 Å². The standard InChI is InChI=1S/C21H17BrN6O3S/c1-11(18-8-14(22)10-32-18)24-25-21(29)16-9-17(13-5-4-6-15(7-13)28(30)31)23-20-19(16)12(2)26-27(20)3/h4-10H,1-3H3,(H,25,29). The average molecular weight is 513 g/mol. The van der Waals surface area contributed by atoms with Gasteiger partial charge in [0.05, 0.1) is 37.8 Å². The molecule has 162 valence electrons. The molecule has 0 aliphatic heterocycles. The summed E-state index contributed by atoms with van der Waals surface area (Å²) >= 11 is 4.92. The van der Waals surface area contributed by atoms with E-state index in [1.54, 1.807) is 36.9 Å². The third-order valence-electron chi connectivity index (χ3n) is 4.82. The number of rotatable bonds is 5. The second kappa shape index (κ2) is 8.60. The fraction of sp³-hybridized carbons (Fsp3) is 0.143. The average Bonchev–Trinajstić information content (AvgIpc) is 3.34. The summed E-state index contributed by atoms with van der Waals surface area (Å²) in [6.45, 7) is 3.61. The third-order valence-corrected chi connectivity index (χ3v) is 6.62. The molecule has 1 aromatic carbocycles. The summed E-state index contributed by atoms with van der Waals surface area (Å²) in [5.41, 5.74) is 5.66. The van der Waals surface area contributed by atoms with Crippen LogP contribution in [0.4, 0.5) is 5.69 Å². The number of nitrogens with zero attached hydrogens (tertiary/aromatic N) is 5. The number of halogens is 1. The molecular weight excluding hydrogens is 496 g/mol. The number of hydrazone groups is 1. The van der Waals surface area contributed by atoms with Crippen LogP contribution in [0.3, 0.4) is 0 Å². The van der Waals surface area contributed by atoms with Crippen molar-refractivity contribution in [3.8, 4) is 11.3 Å². The number of non-ortho nitro benzene ring substituents is 1. The quantitative estimate of drug-likeness (QED) is 0.233. The van der Waals surface area contributed by atoms with E-state index in [1.807, 2.05) is 18.4 Å². The normalized spacial score (nSPS) is 11.7. The molecule has 9 nitrogen and oxygen atoms in total. The molecule has 4 rings (SSSR count). The van der Waals surface area contributed by atoms with Gasteiger partial charge in [0.15, 0.2) is 5.65 Å². The minimum absolute atomic E-state index is 0.0566. The van der Waals surface area contributed by atoms with Crippen molar-refractivity contribution in [1.82, 2.24) is 20.2 Å². The van der Waals surface area contributed by atoms with Crippen LogP contribution in [0, 0.1) is 17.0 Å². The molecule has 0 atom stereocenters. The van der Waals surface area contributed by atoms with Crippen LogP contribution < -0.4 is 5.43 Å². The Hall–Kier alpha value is -3.44. The summed E-state index contributed by atoms with van der Waals surface area (Å²) in [5.74, 6) is -0.421. The van der Waals surface area contributed by atoms with Gasteiger partial charge in [0, 0.05) is 34.6 Å². The third kappa shape index (κ3) is 4.16. The summed E-state index contributed by atoms with van der Waals surface area (Å²) < 4.78 is 2.53. The fourth-order valence-corrected chi connectivity index (χ4v) is 4.68. The van der Waals surface area contributed by atoms with Crippen LogP contribution in [0.1, 0.15) is 27.9 Å². The second-order valence-corrected chi connectivity index (χ2v) is 8.86. The molecule has 0 saturated carbocycles. The Bertz CT molecular complexity index is 1410. The summed E-state index contributed by atoms with van der Waals surface area (Å²) in [6.07, 6.45) is 0. The molecule has 1 amide bonds. The van der Waals surface area contributed by atoms with Crippen molar-refractivity contribution in [3.05, 3.63) is 72.5 Å². The van der Waals surface area contributed by atoms with E-state index in [4.69, 9.17) is 0 Å². The zero-order valence-corrected chi connectivity index (χ0v) is 19.7. The molecule has 0 aliphatic rings. The molecule has 0 spiro atoms. The topological polar surface area (TPSA) is 115 Å². The Labute approximate surface area is 195 Å². The molecule has 0 radical (unpaired) electrons. The van der Waals surface area contributed by atoms with Crippen molar-refractivity contribution >= 4 is 55.6 Å². The van der Waals surface area contributed by atoms with Gasteiger partial charge in [-0.25, -0.2) is 10.4 Å². The smallest absolute Gasteiger partial charge is 0.267 e. The monoisotopic (exact) mass is 512 g/mol. The lowest BCUT2D eigenvalue weighted by atomic mass is 10.0. The number of hydrogen-bond donors (Lipinski definition) is 1. The molecule has 11 heteroatoms. The van der Waals surface area contributed by atoms with E-state index in [2.05, 4.69) is 36.5 Å². The highest BCUT2D eigenvalue weighted by Crippen LogP contribution is 2.28. The minimum Gasteiger partial charge on any atom is -0.267 e. The first-order chi connectivity index (χ1) is 15.2. The van der Waals surface area contributed by atoms with Gasteiger partial charge in [-0.1, -0.05) is 12.1 Å². The van der Waals surface area contributed by atoms with E-state index in [-0.39, 0.29) is 5.69 Å². The largest absolute Gasteiger partial charge is 0.272 e. The van der Waals surface area contributed by atoms with E-state index in [1.165, 1.54) is 23.5 Å². The summed E-state index contributed by atoms with van der Waals surface area (Å²) in [6, 6.07) is 9.66.